The van der Waals surface area contributed by atoms with Crippen molar-refractivity contribution in [1.29, 1.82) is 0 Å². The molecular formula is C10H19N3O2S. The first-order valence-electron chi connectivity index (χ1n) is 5.01. The highest BCUT2D eigenvalue weighted by Gasteiger charge is 2.34. The van der Waals surface area contributed by atoms with Gasteiger partial charge in [0, 0.05) is 0 Å². The SMILES string of the molecule is CC(C)C(NC(=O)C(C)(C)C(N)=S)C(N)=O. The van der Waals surface area contributed by atoms with Gasteiger partial charge in [0.05, 0.1) is 10.4 Å². The first kappa shape index (κ1) is 14.8. The molecule has 0 radical (unpaired) electrons. The Bertz CT molecular complexity index is 313. The summed E-state index contributed by atoms with van der Waals surface area (Å²) in [5.41, 5.74) is 9.65. The Morgan fingerprint density at radius 1 is 1.25 bits per heavy atom. The lowest BCUT2D eigenvalue weighted by Crippen LogP contribution is -2.54. The fraction of sp³-hybridized carbons (Fsp3) is 0.700. The summed E-state index contributed by atoms with van der Waals surface area (Å²) in [5.74, 6) is -1.04. The maximum atomic E-state index is 11.8. The number of carbonyl (C=O) groups is 2. The molecule has 16 heavy (non-hydrogen) atoms. The highest BCUT2D eigenvalue weighted by atomic mass is 32.1. The van der Waals surface area contributed by atoms with Crippen LogP contribution in [0.15, 0.2) is 0 Å². The Labute approximate surface area is 101 Å². The smallest absolute Gasteiger partial charge is 0.240 e. The van der Waals surface area contributed by atoms with Crippen LogP contribution in [0.25, 0.3) is 0 Å². The van der Waals surface area contributed by atoms with Gasteiger partial charge in [-0.15, -0.1) is 0 Å². The van der Waals surface area contributed by atoms with Gasteiger partial charge in [0.15, 0.2) is 0 Å². The predicted molar refractivity (Wildman–Crippen MR) is 66.5 cm³/mol. The standard InChI is InChI=1S/C10H19N3O2S/c1-5(2)6(7(11)14)13-9(15)10(3,4)8(12)16/h5-6H,1-4H3,(H2,11,14)(H2,12,16)(H,13,15). The molecular weight excluding hydrogens is 226 g/mol. The highest BCUT2D eigenvalue weighted by Crippen LogP contribution is 2.16. The maximum Gasteiger partial charge on any atom is 0.240 e. The first-order chi connectivity index (χ1) is 7.10. The fourth-order valence-electron chi connectivity index (χ4n) is 1.000. The lowest BCUT2D eigenvalue weighted by Gasteiger charge is -2.26. The minimum Gasteiger partial charge on any atom is -0.392 e. The van der Waals surface area contributed by atoms with Crippen molar-refractivity contribution < 1.29 is 9.59 Å². The van der Waals surface area contributed by atoms with E-state index in [0.717, 1.165) is 0 Å². The molecule has 0 bridgehead atoms. The highest BCUT2D eigenvalue weighted by molar-refractivity contribution is 7.80. The van der Waals surface area contributed by atoms with Gasteiger partial charge in [-0.2, -0.15) is 0 Å². The van der Waals surface area contributed by atoms with Gasteiger partial charge in [0.1, 0.15) is 6.04 Å². The van der Waals surface area contributed by atoms with Crippen LogP contribution in [0.4, 0.5) is 0 Å². The third kappa shape index (κ3) is 3.44. The van der Waals surface area contributed by atoms with Crippen LogP contribution in [-0.2, 0) is 9.59 Å². The molecule has 0 aromatic rings. The van der Waals surface area contributed by atoms with Gasteiger partial charge in [-0.05, 0) is 19.8 Å². The predicted octanol–water partition coefficient (Wildman–Crippen LogP) is -0.0752. The summed E-state index contributed by atoms with van der Waals surface area (Å²) in [4.78, 5) is 23.0. The molecule has 1 atom stereocenters. The van der Waals surface area contributed by atoms with Crippen molar-refractivity contribution >= 4 is 29.0 Å². The van der Waals surface area contributed by atoms with E-state index in [2.05, 4.69) is 5.32 Å². The number of rotatable bonds is 5. The van der Waals surface area contributed by atoms with E-state index in [1.165, 1.54) is 0 Å². The summed E-state index contributed by atoms with van der Waals surface area (Å²) in [5, 5.41) is 2.56. The average molecular weight is 245 g/mol. The maximum absolute atomic E-state index is 11.8. The van der Waals surface area contributed by atoms with E-state index in [1.807, 2.05) is 0 Å². The van der Waals surface area contributed by atoms with Crippen molar-refractivity contribution in [2.45, 2.75) is 33.7 Å². The van der Waals surface area contributed by atoms with E-state index in [4.69, 9.17) is 23.7 Å². The van der Waals surface area contributed by atoms with Crippen molar-refractivity contribution in [1.82, 2.24) is 5.32 Å². The van der Waals surface area contributed by atoms with Crippen LogP contribution in [0.2, 0.25) is 0 Å². The number of hydrogen-bond donors (Lipinski definition) is 3. The molecule has 1 unspecified atom stereocenters. The number of carbonyl (C=O) groups excluding carboxylic acids is 2. The quantitative estimate of drug-likeness (QED) is 0.590. The summed E-state index contributed by atoms with van der Waals surface area (Å²) in [7, 11) is 0. The second-order valence-corrected chi connectivity index (χ2v) is 5.03. The molecule has 6 heteroatoms. The third-order valence-corrected chi connectivity index (χ3v) is 2.95. The normalized spacial score (nSPS) is 13.3. The molecule has 0 saturated heterocycles. The van der Waals surface area contributed by atoms with Crippen molar-refractivity contribution in [2.75, 3.05) is 0 Å². The molecule has 0 aliphatic carbocycles. The topological polar surface area (TPSA) is 98.2 Å². The molecule has 5 N–H and O–H groups in total. The number of nitrogens with one attached hydrogen (secondary N) is 1. The Morgan fingerprint density at radius 3 is 1.94 bits per heavy atom. The van der Waals surface area contributed by atoms with Crippen molar-refractivity contribution in [3.63, 3.8) is 0 Å². The molecule has 0 saturated carbocycles. The molecule has 5 nitrogen and oxygen atoms in total. The Balaban J connectivity index is 4.78. The van der Waals surface area contributed by atoms with Gasteiger partial charge in [0.25, 0.3) is 0 Å². The number of nitrogens with two attached hydrogens (primary N) is 2. The summed E-state index contributed by atoms with van der Waals surface area (Å²) in [6, 6.07) is -0.707. The zero-order valence-corrected chi connectivity index (χ0v) is 10.9. The van der Waals surface area contributed by atoms with Gasteiger partial charge >= 0.3 is 0 Å². The lowest BCUT2D eigenvalue weighted by atomic mass is 9.91. The zero-order valence-electron chi connectivity index (χ0n) is 10.0. The first-order valence-corrected chi connectivity index (χ1v) is 5.41. The second kappa shape index (κ2) is 5.25. The number of hydrogen-bond acceptors (Lipinski definition) is 3. The van der Waals surface area contributed by atoms with E-state index >= 15 is 0 Å². The van der Waals surface area contributed by atoms with Crippen LogP contribution < -0.4 is 16.8 Å². The van der Waals surface area contributed by atoms with Crippen LogP contribution in [0.1, 0.15) is 27.7 Å². The molecule has 0 rings (SSSR count). The molecule has 0 aromatic heterocycles. The minimum atomic E-state index is -0.988. The second-order valence-electron chi connectivity index (χ2n) is 4.59. The summed E-state index contributed by atoms with van der Waals surface area (Å²) < 4.78 is 0. The van der Waals surface area contributed by atoms with Gasteiger partial charge in [-0.25, -0.2) is 0 Å². The molecule has 92 valence electrons. The van der Waals surface area contributed by atoms with Crippen LogP contribution >= 0.6 is 12.2 Å². The summed E-state index contributed by atoms with van der Waals surface area (Å²) >= 11 is 4.79. The molecule has 0 aliphatic rings. The van der Waals surface area contributed by atoms with E-state index in [-0.39, 0.29) is 10.9 Å². The van der Waals surface area contributed by atoms with Crippen LogP contribution in [0.5, 0.6) is 0 Å². The van der Waals surface area contributed by atoms with E-state index in [1.54, 1.807) is 27.7 Å². The van der Waals surface area contributed by atoms with Gasteiger partial charge < -0.3 is 16.8 Å². The van der Waals surface area contributed by atoms with Crippen molar-refractivity contribution in [2.24, 2.45) is 22.8 Å². The molecule has 0 spiro atoms. The van der Waals surface area contributed by atoms with Crippen LogP contribution in [0, 0.1) is 11.3 Å². The molecule has 0 heterocycles. The van der Waals surface area contributed by atoms with Gasteiger partial charge in [0.2, 0.25) is 11.8 Å². The van der Waals surface area contributed by atoms with Crippen LogP contribution in [0.3, 0.4) is 0 Å². The average Bonchev–Trinajstić information content (AvgIpc) is 2.11. The largest absolute Gasteiger partial charge is 0.392 e. The lowest BCUT2D eigenvalue weighted by molar-refractivity contribution is -0.131. The van der Waals surface area contributed by atoms with E-state index < -0.39 is 23.3 Å². The van der Waals surface area contributed by atoms with Gasteiger partial charge in [-0.3, -0.25) is 9.59 Å². The molecule has 0 aromatic carbocycles. The van der Waals surface area contributed by atoms with E-state index in [0.29, 0.717) is 0 Å². The number of amides is 2. The summed E-state index contributed by atoms with van der Waals surface area (Å²) in [6.45, 7) is 6.79. The van der Waals surface area contributed by atoms with Gasteiger partial charge in [-0.1, -0.05) is 26.1 Å². The minimum absolute atomic E-state index is 0.0800. The zero-order chi connectivity index (χ0) is 13.1. The van der Waals surface area contributed by atoms with Crippen molar-refractivity contribution in [3.05, 3.63) is 0 Å². The number of thiocarbonyl (C=S) groups is 1. The fourth-order valence-corrected chi connectivity index (χ4v) is 1.09. The molecule has 0 fully saturated rings. The molecule has 0 aliphatic heterocycles. The van der Waals surface area contributed by atoms with E-state index in [9.17, 15) is 9.59 Å². The van der Waals surface area contributed by atoms with Crippen molar-refractivity contribution in [3.8, 4) is 0 Å². The summed E-state index contributed by atoms with van der Waals surface area (Å²) in [6.07, 6.45) is 0. The Kier molecular flexibility index (Phi) is 4.86. The monoisotopic (exact) mass is 245 g/mol. The third-order valence-electron chi connectivity index (χ3n) is 2.44. The Morgan fingerprint density at radius 2 is 1.69 bits per heavy atom. The molecule has 2 amide bonds. The van der Waals surface area contributed by atoms with Crippen LogP contribution in [-0.4, -0.2) is 22.8 Å². The Hall–Kier alpha value is -1.17. The number of primary amides is 1.